The van der Waals surface area contributed by atoms with Crippen molar-refractivity contribution in [2.75, 3.05) is 20.7 Å². The fourth-order valence-electron chi connectivity index (χ4n) is 2.57. The van der Waals surface area contributed by atoms with E-state index in [-0.39, 0.29) is 36.7 Å². The molecule has 28 heavy (non-hydrogen) atoms. The van der Waals surface area contributed by atoms with Gasteiger partial charge < -0.3 is 15.0 Å². The second-order valence-corrected chi connectivity index (χ2v) is 6.20. The number of ether oxygens (including phenoxy) is 1. The van der Waals surface area contributed by atoms with E-state index in [4.69, 9.17) is 4.74 Å². The summed E-state index contributed by atoms with van der Waals surface area (Å²) >= 11 is 0. The Bertz CT molecular complexity index is 859. The van der Waals surface area contributed by atoms with E-state index in [1.807, 2.05) is 0 Å². The van der Waals surface area contributed by atoms with Crippen LogP contribution in [-0.4, -0.2) is 37.4 Å². The Balaban J connectivity index is 1.77. The Morgan fingerprint density at radius 2 is 1.82 bits per heavy atom. The monoisotopic (exact) mass is 394 g/mol. The molecule has 0 aliphatic heterocycles. The van der Waals surface area contributed by atoms with Crippen LogP contribution in [0.15, 0.2) is 36.4 Å². The quantitative estimate of drug-likeness (QED) is 0.699. The summed E-state index contributed by atoms with van der Waals surface area (Å²) < 4.78 is 44.9. The first-order valence-electron chi connectivity index (χ1n) is 8.61. The minimum atomic E-state index is -0.944. The molecule has 0 fully saturated rings. The van der Waals surface area contributed by atoms with Gasteiger partial charge in [-0.05, 0) is 36.2 Å². The summed E-state index contributed by atoms with van der Waals surface area (Å²) in [5.74, 6) is -2.94. The van der Waals surface area contributed by atoms with Crippen LogP contribution in [0.1, 0.15) is 28.8 Å². The minimum absolute atomic E-state index is 0.131. The van der Waals surface area contributed by atoms with Crippen molar-refractivity contribution in [2.24, 2.45) is 0 Å². The topological polar surface area (TPSA) is 58.6 Å². The molecular weight excluding hydrogens is 373 g/mol. The van der Waals surface area contributed by atoms with Crippen LogP contribution in [0.5, 0.6) is 5.75 Å². The van der Waals surface area contributed by atoms with Crippen LogP contribution in [0.3, 0.4) is 0 Å². The summed E-state index contributed by atoms with van der Waals surface area (Å²) in [7, 11) is 2.97. The van der Waals surface area contributed by atoms with Gasteiger partial charge in [0.15, 0.2) is 11.6 Å². The molecule has 0 unspecified atom stereocenters. The lowest BCUT2D eigenvalue weighted by molar-refractivity contribution is -0.130. The van der Waals surface area contributed by atoms with Crippen LogP contribution in [-0.2, 0) is 11.3 Å². The lowest BCUT2D eigenvalue weighted by Gasteiger charge is -2.18. The van der Waals surface area contributed by atoms with E-state index in [1.54, 1.807) is 13.1 Å². The van der Waals surface area contributed by atoms with E-state index in [0.717, 1.165) is 12.1 Å². The van der Waals surface area contributed by atoms with Crippen molar-refractivity contribution in [3.05, 3.63) is 65.0 Å². The van der Waals surface area contributed by atoms with Gasteiger partial charge in [0.1, 0.15) is 11.6 Å². The Morgan fingerprint density at radius 3 is 2.46 bits per heavy atom. The molecule has 0 aliphatic rings. The normalized spacial score (nSPS) is 10.5. The minimum Gasteiger partial charge on any atom is -0.494 e. The predicted molar refractivity (Wildman–Crippen MR) is 97.4 cm³/mol. The van der Waals surface area contributed by atoms with E-state index < -0.39 is 23.4 Å². The van der Waals surface area contributed by atoms with Crippen molar-refractivity contribution in [3.8, 4) is 5.75 Å². The Hall–Kier alpha value is -3.03. The predicted octanol–water partition coefficient (Wildman–Crippen LogP) is 3.28. The molecule has 0 saturated carbocycles. The molecule has 2 aromatic rings. The molecule has 2 aromatic carbocycles. The van der Waals surface area contributed by atoms with Gasteiger partial charge in [-0.25, -0.2) is 13.2 Å². The number of carbonyl (C=O) groups excluding carboxylic acids is 2. The van der Waals surface area contributed by atoms with E-state index in [2.05, 4.69) is 5.32 Å². The number of amides is 2. The van der Waals surface area contributed by atoms with Crippen LogP contribution in [0, 0.1) is 17.5 Å². The fourth-order valence-corrected chi connectivity index (χ4v) is 2.57. The maximum absolute atomic E-state index is 13.7. The molecule has 0 aromatic heterocycles. The van der Waals surface area contributed by atoms with E-state index in [9.17, 15) is 22.8 Å². The Kier molecular flexibility index (Phi) is 7.43. The van der Waals surface area contributed by atoms with Crippen molar-refractivity contribution in [1.29, 1.82) is 0 Å². The Morgan fingerprint density at radius 1 is 1.07 bits per heavy atom. The number of nitrogens with one attached hydrogen (secondary N) is 1. The van der Waals surface area contributed by atoms with Crippen LogP contribution in [0.25, 0.3) is 0 Å². The summed E-state index contributed by atoms with van der Waals surface area (Å²) in [6.07, 6.45) is 0.496. The highest BCUT2D eigenvalue weighted by Crippen LogP contribution is 2.18. The molecule has 0 saturated heterocycles. The summed E-state index contributed by atoms with van der Waals surface area (Å²) in [6.45, 7) is 0.388. The molecule has 0 heterocycles. The second-order valence-electron chi connectivity index (χ2n) is 6.20. The lowest BCUT2D eigenvalue weighted by atomic mass is 10.1. The van der Waals surface area contributed by atoms with Gasteiger partial charge in [0.05, 0.1) is 12.7 Å². The number of benzene rings is 2. The summed E-state index contributed by atoms with van der Waals surface area (Å²) in [5, 5.41) is 2.49. The van der Waals surface area contributed by atoms with Gasteiger partial charge in [0, 0.05) is 32.6 Å². The van der Waals surface area contributed by atoms with Gasteiger partial charge in [0.2, 0.25) is 5.91 Å². The number of rotatable bonds is 8. The van der Waals surface area contributed by atoms with E-state index in [0.29, 0.717) is 18.1 Å². The highest BCUT2D eigenvalue weighted by molar-refractivity contribution is 5.94. The lowest BCUT2D eigenvalue weighted by Crippen LogP contribution is -2.29. The zero-order chi connectivity index (χ0) is 20.7. The van der Waals surface area contributed by atoms with Crippen molar-refractivity contribution in [2.45, 2.75) is 19.4 Å². The summed E-state index contributed by atoms with van der Waals surface area (Å²) in [4.78, 5) is 25.5. The van der Waals surface area contributed by atoms with Gasteiger partial charge in [-0.15, -0.1) is 0 Å². The fraction of sp³-hybridized carbons (Fsp3) is 0.300. The third-order valence-corrected chi connectivity index (χ3v) is 4.09. The van der Waals surface area contributed by atoms with Crippen LogP contribution < -0.4 is 10.1 Å². The number of nitrogens with zero attached hydrogens (tertiary/aromatic N) is 1. The first kappa shape index (κ1) is 21.3. The SMILES string of the molecule is COc1ccc(CN(C)C(=O)CCCNC(=O)c2ccc(F)cc2F)cc1F. The largest absolute Gasteiger partial charge is 0.494 e. The van der Waals surface area contributed by atoms with Crippen molar-refractivity contribution >= 4 is 11.8 Å². The number of hydrogen-bond acceptors (Lipinski definition) is 3. The first-order valence-corrected chi connectivity index (χ1v) is 8.61. The molecule has 0 radical (unpaired) electrons. The Labute approximate surface area is 161 Å². The molecular formula is C20H21F3N2O3. The van der Waals surface area contributed by atoms with Gasteiger partial charge in [-0.3, -0.25) is 9.59 Å². The van der Waals surface area contributed by atoms with E-state index >= 15 is 0 Å². The molecule has 2 amide bonds. The third-order valence-electron chi connectivity index (χ3n) is 4.09. The second kappa shape index (κ2) is 9.77. The molecule has 150 valence electrons. The number of hydrogen-bond donors (Lipinski definition) is 1. The summed E-state index contributed by atoms with van der Waals surface area (Å²) in [6, 6.07) is 7.16. The molecule has 0 aliphatic carbocycles. The van der Waals surface area contributed by atoms with Crippen molar-refractivity contribution in [3.63, 3.8) is 0 Å². The van der Waals surface area contributed by atoms with E-state index in [1.165, 1.54) is 24.1 Å². The average Bonchev–Trinajstić information content (AvgIpc) is 2.65. The number of carbonyl (C=O) groups is 2. The standard InChI is InChI=1S/C20H21F3N2O3/c1-25(12-13-5-8-18(28-2)17(23)10-13)19(26)4-3-9-24-20(27)15-7-6-14(21)11-16(15)22/h5-8,10-11H,3-4,9,12H2,1-2H3,(H,24,27). The molecule has 8 heteroatoms. The highest BCUT2D eigenvalue weighted by Gasteiger charge is 2.14. The van der Waals surface area contributed by atoms with Crippen molar-refractivity contribution in [1.82, 2.24) is 10.2 Å². The van der Waals surface area contributed by atoms with Gasteiger partial charge in [-0.2, -0.15) is 0 Å². The molecule has 1 N–H and O–H groups in total. The zero-order valence-electron chi connectivity index (χ0n) is 15.6. The molecule has 0 spiro atoms. The molecule has 5 nitrogen and oxygen atoms in total. The van der Waals surface area contributed by atoms with Gasteiger partial charge >= 0.3 is 0 Å². The van der Waals surface area contributed by atoms with Crippen LogP contribution in [0.4, 0.5) is 13.2 Å². The van der Waals surface area contributed by atoms with Gasteiger partial charge in [-0.1, -0.05) is 6.07 Å². The van der Waals surface area contributed by atoms with Gasteiger partial charge in [0.25, 0.3) is 5.91 Å². The number of methoxy groups -OCH3 is 1. The average molecular weight is 394 g/mol. The highest BCUT2D eigenvalue weighted by atomic mass is 19.1. The van der Waals surface area contributed by atoms with Crippen LogP contribution in [0.2, 0.25) is 0 Å². The van der Waals surface area contributed by atoms with Crippen molar-refractivity contribution < 1.29 is 27.5 Å². The maximum atomic E-state index is 13.7. The molecule has 0 bridgehead atoms. The van der Waals surface area contributed by atoms with Crippen LogP contribution >= 0.6 is 0 Å². The summed E-state index contributed by atoms with van der Waals surface area (Å²) in [5.41, 5.74) is 0.362. The maximum Gasteiger partial charge on any atom is 0.254 e. The zero-order valence-corrected chi connectivity index (χ0v) is 15.6. The number of halogens is 3. The molecule has 2 rings (SSSR count). The third kappa shape index (κ3) is 5.73. The first-order chi connectivity index (χ1) is 13.3. The smallest absolute Gasteiger partial charge is 0.254 e. The molecule has 0 atom stereocenters.